The summed E-state index contributed by atoms with van der Waals surface area (Å²) >= 11 is 7.64. The van der Waals surface area contributed by atoms with Crippen LogP contribution in [0.1, 0.15) is 31.7 Å². The van der Waals surface area contributed by atoms with E-state index < -0.39 is 41.5 Å². The molecule has 36 heavy (non-hydrogen) atoms. The highest BCUT2D eigenvalue weighted by molar-refractivity contribution is 7.99. The lowest BCUT2D eigenvalue weighted by molar-refractivity contribution is -0.128. The first kappa shape index (κ1) is 29.6. The number of benzene rings is 1. The predicted molar refractivity (Wildman–Crippen MR) is 139 cm³/mol. The summed E-state index contributed by atoms with van der Waals surface area (Å²) in [5.74, 6) is -1.05. The van der Waals surface area contributed by atoms with Gasteiger partial charge < -0.3 is 36.0 Å². The molecule has 0 aromatic heterocycles. The molecule has 8 nitrogen and oxygen atoms in total. The van der Waals surface area contributed by atoms with E-state index in [0.29, 0.717) is 25.3 Å². The van der Waals surface area contributed by atoms with Gasteiger partial charge in [-0.15, -0.1) is 23.4 Å². The number of ether oxygens (including phenoxy) is 1. The summed E-state index contributed by atoms with van der Waals surface area (Å²) in [6, 6.07) is 5.59. The van der Waals surface area contributed by atoms with Gasteiger partial charge in [0.2, 0.25) is 5.91 Å². The normalized spacial score (nSPS) is 28.4. The number of amides is 1. The number of halogens is 2. The number of fused-ring (bicyclic) bond motifs is 1. The lowest BCUT2D eigenvalue weighted by atomic mass is 9.88. The topological polar surface area (TPSA) is 123 Å². The van der Waals surface area contributed by atoms with Crippen molar-refractivity contribution in [1.82, 2.24) is 16.0 Å². The van der Waals surface area contributed by atoms with E-state index in [0.717, 1.165) is 12.8 Å². The zero-order valence-corrected chi connectivity index (χ0v) is 22.4. The van der Waals surface area contributed by atoms with E-state index in [4.69, 9.17) is 16.3 Å². The summed E-state index contributed by atoms with van der Waals surface area (Å²) in [6.45, 7) is 2.72. The number of thioether (sulfide) groups is 1. The van der Waals surface area contributed by atoms with Gasteiger partial charge in [-0.2, -0.15) is 0 Å². The number of aliphatic hydroxyl groups is 3. The number of rotatable bonds is 12. The summed E-state index contributed by atoms with van der Waals surface area (Å²) in [6.07, 6.45) is 1.99. The Hall–Kier alpha value is -0.980. The fraction of sp³-hybridized carbons (Fsp3) is 0.720. The first-order chi connectivity index (χ1) is 17.2. The maximum absolute atomic E-state index is 14.0. The third-order valence-electron chi connectivity index (χ3n) is 7.27. The van der Waals surface area contributed by atoms with E-state index in [2.05, 4.69) is 16.0 Å². The van der Waals surface area contributed by atoms with E-state index in [1.807, 2.05) is 6.07 Å². The Labute approximate surface area is 221 Å². The molecule has 11 heteroatoms. The van der Waals surface area contributed by atoms with Crippen molar-refractivity contribution in [3.8, 4) is 0 Å². The molecule has 3 rings (SSSR count). The van der Waals surface area contributed by atoms with E-state index in [9.17, 15) is 24.5 Å². The SMILES string of the molecule is CSC(O)CC(C(O)CO)C(NC(=O)C1NCC2CC(NCc3ccccc3F)CCOC21)C(C)Cl. The van der Waals surface area contributed by atoms with Crippen molar-refractivity contribution in [2.45, 2.75) is 73.9 Å². The Morgan fingerprint density at radius 3 is 2.78 bits per heavy atom. The highest BCUT2D eigenvalue weighted by Gasteiger charge is 2.44. The van der Waals surface area contributed by atoms with E-state index in [1.165, 1.54) is 17.8 Å². The number of carbonyl (C=O) groups excluding carboxylic acids is 1. The number of aliphatic hydroxyl groups excluding tert-OH is 3. The van der Waals surface area contributed by atoms with Gasteiger partial charge in [0, 0.05) is 43.1 Å². The van der Waals surface area contributed by atoms with Crippen LogP contribution in [-0.2, 0) is 16.1 Å². The molecule has 6 N–H and O–H groups in total. The molecule has 2 aliphatic rings. The maximum Gasteiger partial charge on any atom is 0.240 e. The highest BCUT2D eigenvalue weighted by atomic mass is 35.5. The fourth-order valence-electron chi connectivity index (χ4n) is 5.21. The number of nitrogens with one attached hydrogen (secondary N) is 3. The maximum atomic E-state index is 14.0. The molecule has 2 heterocycles. The second kappa shape index (κ2) is 14.2. The molecule has 1 aromatic rings. The van der Waals surface area contributed by atoms with Crippen molar-refractivity contribution in [3.63, 3.8) is 0 Å². The van der Waals surface area contributed by atoms with Gasteiger partial charge in [0.1, 0.15) is 11.9 Å². The molecule has 0 aliphatic carbocycles. The van der Waals surface area contributed by atoms with Crippen molar-refractivity contribution in [2.24, 2.45) is 11.8 Å². The zero-order valence-electron chi connectivity index (χ0n) is 20.8. The van der Waals surface area contributed by atoms with Gasteiger partial charge in [0.15, 0.2) is 0 Å². The molecule has 9 atom stereocenters. The van der Waals surface area contributed by atoms with E-state index in [1.54, 1.807) is 25.3 Å². The van der Waals surface area contributed by atoms with Crippen LogP contribution in [0.25, 0.3) is 0 Å². The molecule has 0 spiro atoms. The zero-order chi connectivity index (χ0) is 26.2. The number of carbonyl (C=O) groups is 1. The highest BCUT2D eigenvalue weighted by Crippen LogP contribution is 2.29. The van der Waals surface area contributed by atoms with Gasteiger partial charge in [0.25, 0.3) is 0 Å². The van der Waals surface area contributed by atoms with Gasteiger partial charge in [-0.3, -0.25) is 4.79 Å². The van der Waals surface area contributed by atoms with Crippen molar-refractivity contribution in [2.75, 3.05) is 26.0 Å². The molecule has 0 saturated carbocycles. The summed E-state index contributed by atoms with van der Waals surface area (Å²) < 4.78 is 20.1. The van der Waals surface area contributed by atoms with Crippen LogP contribution < -0.4 is 16.0 Å². The third-order valence-corrected chi connectivity index (χ3v) is 8.28. The van der Waals surface area contributed by atoms with Crippen LogP contribution in [0.2, 0.25) is 0 Å². The molecule has 2 fully saturated rings. The number of hydrogen-bond donors (Lipinski definition) is 6. The molecule has 2 aliphatic heterocycles. The molecule has 0 bridgehead atoms. The average Bonchev–Trinajstić information content (AvgIpc) is 3.15. The minimum Gasteiger partial charge on any atom is -0.394 e. The van der Waals surface area contributed by atoms with Crippen LogP contribution in [0.4, 0.5) is 4.39 Å². The van der Waals surface area contributed by atoms with Crippen LogP contribution in [0.15, 0.2) is 24.3 Å². The molecular weight excluding hydrogens is 509 g/mol. The second-order valence-corrected chi connectivity index (χ2v) is 11.4. The molecular formula is C25H39ClFN3O5S. The van der Waals surface area contributed by atoms with Gasteiger partial charge in [-0.25, -0.2) is 4.39 Å². The molecule has 204 valence electrons. The van der Waals surface area contributed by atoms with Crippen molar-refractivity contribution in [1.29, 1.82) is 0 Å². The average molecular weight is 548 g/mol. The van der Waals surface area contributed by atoms with Crippen LogP contribution >= 0.6 is 23.4 Å². The van der Waals surface area contributed by atoms with Gasteiger partial charge in [-0.1, -0.05) is 18.2 Å². The third kappa shape index (κ3) is 7.77. The van der Waals surface area contributed by atoms with Crippen molar-refractivity contribution >= 4 is 29.3 Å². The van der Waals surface area contributed by atoms with Gasteiger partial charge >= 0.3 is 0 Å². The first-order valence-corrected chi connectivity index (χ1v) is 14.2. The van der Waals surface area contributed by atoms with E-state index >= 15 is 0 Å². The lowest BCUT2D eigenvalue weighted by Crippen LogP contribution is -2.56. The minimum atomic E-state index is -1.14. The van der Waals surface area contributed by atoms with Crippen LogP contribution in [0.3, 0.4) is 0 Å². The summed E-state index contributed by atoms with van der Waals surface area (Å²) in [5.41, 5.74) is -0.146. The van der Waals surface area contributed by atoms with Gasteiger partial charge in [-0.05, 0) is 38.5 Å². The van der Waals surface area contributed by atoms with Crippen LogP contribution in [-0.4, -0.2) is 88.4 Å². The molecule has 2 saturated heterocycles. The largest absolute Gasteiger partial charge is 0.394 e. The Kier molecular flexibility index (Phi) is 11.7. The smallest absolute Gasteiger partial charge is 0.240 e. The Bertz CT molecular complexity index is 841. The molecule has 1 aromatic carbocycles. The molecule has 9 unspecified atom stereocenters. The quantitative estimate of drug-likeness (QED) is 0.170. The first-order valence-electron chi connectivity index (χ1n) is 12.5. The summed E-state index contributed by atoms with van der Waals surface area (Å²) in [5, 5.41) is 39.2. The number of hydrogen-bond acceptors (Lipinski definition) is 8. The second-order valence-electron chi connectivity index (χ2n) is 9.73. The Morgan fingerprint density at radius 1 is 1.36 bits per heavy atom. The summed E-state index contributed by atoms with van der Waals surface area (Å²) in [4.78, 5) is 13.3. The summed E-state index contributed by atoms with van der Waals surface area (Å²) in [7, 11) is 0. The molecule has 1 amide bonds. The van der Waals surface area contributed by atoms with Gasteiger partial charge in [0.05, 0.1) is 35.7 Å². The molecule has 0 radical (unpaired) electrons. The van der Waals surface area contributed by atoms with Crippen LogP contribution in [0, 0.1) is 17.7 Å². The standard InChI is InChI=1S/C25H39ClFN3O5S/c1-14(26)22(18(20(32)13-31)10-21(33)36-2)30-25(34)23-24-16(12-29-23)9-17(7-8-35-24)28-11-15-5-3-4-6-19(15)27/h3-6,14,16-18,20-24,28-29,31-33H,7-13H2,1-2H3,(H,30,34). The monoisotopic (exact) mass is 547 g/mol. The van der Waals surface area contributed by atoms with E-state index in [-0.39, 0.29) is 36.2 Å². The van der Waals surface area contributed by atoms with Crippen molar-refractivity contribution in [3.05, 3.63) is 35.6 Å². The fourth-order valence-corrected chi connectivity index (χ4v) is 5.87. The lowest BCUT2D eigenvalue weighted by Gasteiger charge is -2.35. The van der Waals surface area contributed by atoms with Crippen LogP contribution in [0.5, 0.6) is 0 Å². The number of alkyl halides is 1. The Morgan fingerprint density at radius 2 is 2.11 bits per heavy atom. The Balaban J connectivity index is 1.62. The minimum absolute atomic E-state index is 0.102. The predicted octanol–water partition coefficient (Wildman–Crippen LogP) is 1.20. The van der Waals surface area contributed by atoms with Crippen molar-refractivity contribution < 1.29 is 29.2 Å².